The average Bonchev–Trinajstić information content (AvgIpc) is 3.19. The summed E-state index contributed by atoms with van der Waals surface area (Å²) in [6, 6.07) is 20.0. The molecule has 2 aromatic carbocycles. The van der Waals surface area contributed by atoms with Crippen molar-refractivity contribution in [1.82, 2.24) is 14.7 Å². The van der Waals surface area contributed by atoms with Crippen molar-refractivity contribution in [1.29, 1.82) is 0 Å². The Hall–Kier alpha value is -3.73. The summed E-state index contributed by atoms with van der Waals surface area (Å²) >= 11 is 0. The molecule has 1 N–H and O–H groups in total. The number of rotatable bonds is 8. The molecule has 1 amide bonds. The second-order valence-corrected chi connectivity index (χ2v) is 8.40. The van der Waals surface area contributed by atoms with Gasteiger partial charge in [-0.15, -0.1) is 0 Å². The third-order valence-corrected chi connectivity index (χ3v) is 5.83. The molecule has 0 radical (unpaired) electrons. The number of ketones is 1. The molecule has 0 saturated carbocycles. The van der Waals surface area contributed by atoms with Crippen LogP contribution in [0, 0.1) is 6.92 Å². The van der Waals surface area contributed by atoms with E-state index in [2.05, 4.69) is 47.1 Å². The number of imidazole rings is 1. The third kappa shape index (κ3) is 5.03. The van der Waals surface area contributed by atoms with Crippen LogP contribution in [0.5, 0.6) is 0 Å². The zero-order valence-electron chi connectivity index (χ0n) is 19.4. The molecule has 0 saturated heterocycles. The SMILES string of the molecule is CCCNC(=O)CCc1c(-c2ccc(C)cc2)nc2ccc(-c3ccc(C(C)=O)cc3)cn12. The Balaban J connectivity index is 1.75. The molecule has 0 spiro atoms. The molecule has 0 unspecified atom stereocenters. The summed E-state index contributed by atoms with van der Waals surface area (Å²) in [6.07, 6.45) is 3.99. The number of aryl methyl sites for hydroxylation is 2. The van der Waals surface area contributed by atoms with Gasteiger partial charge >= 0.3 is 0 Å². The molecule has 0 aliphatic heterocycles. The predicted octanol–water partition coefficient (Wildman–Crippen LogP) is 5.64. The molecule has 0 aliphatic carbocycles. The lowest BCUT2D eigenvalue weighted by Crippen LogP contribution is -2.24. The molecule has 168 valence electrons. The normalized spacial score (nSPS) is 11.0. The van der Waals surface area contributed by atoms with Crippen LogP contribution in [-0.4, -0.2) is 27.6 Å². The first-order valence-electron chi connectivity index (χ1n) is 11.4. The first-order valence-corrected chi connectivity index (χ1v) is 11.4. The standard InChI is InChI=1S/C28H29N3O2/c1-4-17-29-27(33)16-14-25-28(23-7-5-19(2)6-8-23)30-26-15-13-24(18-31(25)26)22-11-9-21(10-12-22)20(3)32/h5-13,15,18H,4,14,16-17H2,1-3H3,(H,29,33). The summed E-state index contributed by atoms with van der Waals surface area (Å²) in [4.78, 5) is 28.9. The zero-order valence-corrected chi connectivity index (χ0v) is 19.4. The van der Waals surface area contributed by atoms with Crippen molar-refractivity contribution in [3.05, 3.63) is 83.7 Å². The molecular formula is C28H29N3O2. The van der Waals surface area contributed by atoms with Crippen LogP contribution in [0.25, 0.3) is 28.0 Å². The van der Waals surface area contributed by atoms with E-state index in [1.807, 2.05) is 43.3 Å². The van der Waals surface area contributed by atoms with E-state index >= 15 is 0 Å². The Labute approximate surface area is 194 Å². The van der Waals surface area contributed by atoms with Gasteiger partial charge in [0.05, 0.1) is 11.4 Å². The molecule has 5 nitrogen and oxygen atoms in total. The van der Waals surface area contributed by atoms with Gasteiger partial charge in [-0.05, 0) is 49.9 Å². The van der Waals surface area contributed by atoms with Gasteiger partial charge < -0.3 is 9.72 Å². The van der Waals surface area contributed by atoms with Crippen LogP contribution in [0.15, 0.2) is 66.9 Å². The van der Waals surface area contributed by atoms with E-state index in [-0.39, 0.29) is 11.7 Å². The number of amides is 1. The van der Waals surface area contributed by atoms with E-state index in [1.54, 1.807) is 6.92 Å². The molecule has 2 heterocycles. The number of aromatic nitrogens is 2. The van der Waals surface area contributed by atoms with Crippen molar-refractivity contribution in [3.63, 3.8) is 0 Å². The van der Waals surface area contributed by atoms with Gasteiger partial charge in [-0.25, -0.2) is 4.98 Å². The van der Waals surface area contributed by atoms with Gasteiger partial charge in [-0.3, -0.25) is 9.59 Å². The Bertz CT molecular complexity index is 1290. The van der Waals surface area contributed by atoms with Gasteiger partial charge in [0.1, 0.15) is 5.65 Å². The number of Topliss-reactive ketones (excluding diaryl/α,β-unsaturated/α-hetero) is 1. The van der Waals surface area contributed by atoms with Crippen molar-refractivity contribution in [3.8, 4) is 22.4 Å². The van der Waals surface area contributed by atoms with E-state index in [0.717, 1.165) is 40.1 Å². The maximum absolute atomic E-state index is 12.3. The maximum Gasteiger partial charge on any atom is 0.220 e. The van der Waals surface area contributed by atoms with Crippen LogP contribution in [0.2, 0.25) is 0 Å². The highest BCUT2D eigenvalue weighted by Crippen LogP contribution is 2.28. The molecule has 2 aromatic heterocycles. The van der Waals surface area contributed by atoms with Crippen molar-refractivity contribution in [2.75, 3.05) is 6.54 Å². The molecule has 0 aliphatic rings. The second-order valence-electron chi connectivity index (χ2n) is 8.40. The Morgan fingerprint density at radius 2 is 1.58 bits per heavy atom. The Kier molecular flexibility index (Phi) is 6.68. The van der Waals surface area contributed by atoms with Crippen LogP contribution >= 0.6 is 0 Å². The fraction of sp³-hybridized carbons (Fsp3) is 0.250. The molecule has 0 bridgehead atoms. The molecule has 33 heavy (non-hydrogen) atoms. The summed E-state index contributed by atoms with van der Waals surface area (Å²) in [7, 11) is 0. The van der Waals surface area contributed by atoms with Gasteiger partial charge in [-0.2, -0.15) is 0 Å². The Morgan fingerprint density at radius 1 is 0.909 bits per heavy atom. The first kappa shape index (κ1) is 22.5. The largest absolute Gasteiger partial charge is 0.356 e. The number of nitrogens with one attached hydrogen (secondary N) is 1. The minimum absolute atomic E-state index is 0.0534. The van der Waals surface area contributed by atoms with Crippen molar-refractivity contribution in [2.45, 2.75) is 40.0 Å². The van der Waals surface area contributed by atoms with Crippen LogP contribution in [0.4, 0.5) is 0 Å². The van der Waals surface area contributed by atoms with Gasteiger partial charge in [-0.1, -0.05) is 61.0 Å². The van der Waals surface area contributed by atoms with E-state index in [4.69, 9.17) is 4.98 Å². The second kappa shape index (κ2) is 9.82. The number of carbonyl (C=O) groups excluding carboxylic acids is 2. The quantitative estimate of drug-likeness (QED) is 0.362. The van der Waals surface area contributed by atoms with E-state index in [1.165, 1.54) is 5.56 Å². The van der Waals surface area contributed by atoms with Gasteiger partial charge in [0.15, 0.2) is 5.78 Å². The maximum atomic E-state index is 12.3. The Morgan fingerprint density at radius 3 is 2.24 bits per heavy atom. The molecule has 5 heteroatoms. The highest BCUT2D eigenvalue weighted by atomic mass is 16.1. The fourth-order valence-corrected chi connectivity index (χ4v) is 3.93. The van der Waals surface area contributed by atoms with Crippen LogP contribution < -0.4 is 5.32 Å². The van der Waals surface area contributed by atoms with Gasteiger partial charge in [0, 0.05) is 30.3 Å². The van der Waals surface area contributed by atoms with Crippen molar-refractivity contribution >= 4 is 17.3 Å². The zero-order chi connectivity index (χ0) is 23.4. The molecule has 0 fully saturated rings. The highest BCUT2D eigenvalue weighted by Gasteiger charge is 2.16. The smallest absolute Gasteiger partial charge is 0.220 e. The summed E-state index contributed by atoms with van der Waals surface area (Å²) in [5.41, 5.74) is 7.76. The predicted molar refractivity (Wildman–Crippen MR) is 132 cm³/mol. The van der Waals surface area contributed by atoms with E-state index in [0.29, 0.717) is 24.9 Å². The lowest BCUT2D eigenvalue weighted by Gasteiger charge is -2.09. The monoisotopic (exact) mass is 439 g/mol. The molecule has 0 atom stereocenters. The molecule has 4 aromatic rings. The number of hydrogen-bond donors (Lipinski definition) is 1. The lowest BCUT2D eigenvalue weighted by molar-refractivity contribution is -0.121. The summed E-state index contributed by atoms with van der Waals surface area (Å²) in [6.45, 7) is 6.38. The molecule has 4 rings (SSSR count). The topological polar surface area (TPSA) is 63.5 Å². The number of pyridine rings is 1. The van der Waals surface area contributed by atoms with Crippen molar-refractivity contribution < 1.29 is 9.59 Å². The van der Waals surface area contributed by atoms with Crippen LogP contribution in [0.1, 0.15) is 48.3 Å². The summed E-state index contributed by atoms with van der Waals surface area (Å²) < 4.78 is 2.09. The fourth-order valence-electron chi connectivity index (χ4n) is 3.93. The molecular weight excluding hydrogens is 410 g/mol. The average molecular weight is 440 g/mol. The highest BCUT2D eigenvalue weighted by molar-refractivity contribution is 5.94. The van der Waals surface area contributed by atoms with Crippen molar-refractivity contribution in [2.24, 2.45) is 0 Å². The first-order chi connectivity index (χ1) is 16.0. The number of fused-ring (bicyclic) bond motifs is 1. The van der Waals surface area contributed by atoms with Crippen LogP contribution in [-0.2, 0) is 11.2 Å². The summed E-state index contributed by atoms with van der Waals surface area (Å²) in [5, 5.41) is 2.96. The number of benzene rings is 2. The van der Waals surface area contributed by atoms with Gasteiger partial charge in [0.25, 0.3) is 0 Å². The van der Waals surface area contributed by atoms with Gasteiger partial charge in [0.2, 0.25) is 5.91 Å². The van der Waals surface area contributed by atoms with E-state index < -0.39 is 0 Å². The lowest BCUT2D eigenvalue weighted by atomic mass is 10.0. The number of nitrogens with zero attached hydrogens (tertiary/aromatic N) is 2. The van der Waals surface area contributed by atoms with Crippen LogP contribution in [0.3, 0.4) is 0 Å². The third-order valence-electron chi connectivity index (χ3n) is 5.83. The van der Waals surface area contributed by atoms with E-state index in [9.17, 15) is 9.59 Å². The summed E-state index contributed by atoms with van der Waals surface area (Å²) in [5.74, 6) is 0.107. The minimum atomic E-state index is 0.0534. The minimum Gasteiger partial charge on any atom is -0.356 e. The number of hydrogen-bond acceptors (Lipinski definition) is 3. The number of carbonyl (C=O) groups is 2.